The van der Waals surface area contributed by atoms with Crippen LogP contribution >= 0.6 is 0 Å². The molecule has 0 saturated carbocycles. The molecule has 0 spiro atoms. The summed E-state index contributed by atoms with van der Waals surface area (Å²) >= 11 is 0. The molecule has 0 aliphatic heterocycles. The summed E-state index contributed by atoms with van der Waals surface area (Å²) in [4.78, 5) is 14.8. The third-order valence-electron chi connectivity index (χ3n) is 8.36. The molecular weight excluding hydrogens is 558 g/mol. The van der Waals surface area contributed by atoms with E-state index in [1.165, 1.54) is 5.56 Å². The van der Waals surface area contributed by atoms with Gasteiger partial charge in [-0.2, -0.15) is 0 Å². The van der Waals surface area contributed by atoms with Gasteiger partial charge in [-0.25, -0.2) is 9.97 Å². The van der Waals surface area contributed by atoms with Gasteiger partial charge in [-0.1, -0.05) is 140 Å². The fourth-order valence-corrected chi connectivity index (χ4v) is 6.00. The van der Waals surface area contributed by atoms with E-state index in [-0.39, 0.29) is 0 Å². The van der Waals surface area contributed by atoms with Crippen LogP contribution in [0.3, 0.4) is 0 Å². The Labute approximate surface area is 268 Å². The first kappa shape index (κ1) is 27.4. The number of hydrogen-bond donors (Lipinski definition) is 0. The third kappa shape index (κ3) is 5.47. The van der Waals surface area contributed by atoms with Crippen LogP contribution in [0.5, 0.6) is 0 Å². The van der Waals surface area contributed by atoms with Crippen molar-refractivity contribution >= 4 is 10.9 Å². The summed E-state index contributed by atoms with van der Waals surface area (Å²) in [6.07, 6.45) is 1.84. The smallest absolute Gasteiger partial charge is 0.160 e. The maximum atomic E-state index is 5.15. The zero-order valence-electron chi connectivity index (χ0n) is 25.1. The molecule has 0 aliphatic rings. The first-order valence-corrected chi connectivity index (χ1v) is 15.4. The Kier molecular flexibility index (Phi) is 7.18. The van der Waals surface area contributed by atoms with Crippen molar-refractivity contribution in [1.29, 1.82) is 0 Å². The van der Waals surface area contributed by atoms with Crippen molar-refractivity contribution in [2.24, 2.45) is 0 Å². The van der Waals surface area contributed by atoms with E-state index in [0.29, 0.717) is 5.82 Å². The van der Waals surface area contributed by atoms with Crippen LogP contribution in [0.2, 0.25) is 0 Å². The standard InChI is InChI=1S/C43H29N3/c1-3-11-30(12-4-1)34-15-7-17-36(27-34)42-29-41(45-43(46-42)37-18-8-16-35(28-37)31-13-5-2-6-14-31)33-24-22-32(23-25-33)38-19-9-21-40-39(38)20-10-26-44-40/h1-29H. The molecule has 46 heavy (non-hydrogen) atoms. The average Bonchev–Trinajstić information content (AvgIpc) is 3.15. The maximum absolute atomic E-state index is 5.15. The second kappa shape index (κ2) is 12.1. The molecule has 2 heterocycles. The zero-order chi connectivity index (χ0) is 30.7. The molecule has 3 nitrogen and oxygen atoms in total. The molecule has 8 aromatic rings. The predicted octanol–water partition coefficient (Wildman–Crippen LogP) is 11.0. The van der Waals surface area contributed by atoms with Gasteiger partial charge in [0.05, 0.1) is 16.9 Å². The van der Waals surface area contributed by atoms with E-state index in [9.17, 15) is 0 Å². The monoisotopic (exact) mass is 587 g/mol. The molecule has 0 N–H and O–H groups in total. The van der Waals surface area contributed by atoms with E-state index >= 15 is 0 Å². The van der Waals surface area contributed by atoms with E-state index < -0.39 is 0 Å². The predicted molar refractivity (Wildman–Crippen MR) is 190 cm³/mol. The number of rotatable bonds is 6. The lowest BCUT2D eigenvalue weighted by Gasteiger charge is -2.12. The quantitative estimate of drug-likeness (QED) is 0.194. The van der Waals surface area contributed by atoms with Crippen molar-refractivity contribution in [3.05, 3.63) is 176 Å². The lowest BCUT2D eigenvalue weighted by atomic mass is 9.98. The SMILES string of the molecule is c1ccc(-c2cccc(-c3cc(-c4ccc(-c5cccc6ncccc56)cc4)nc(-c4cccc(-c5ccccc5)c4)n3)c2)cc1. The third-order valence-corrected chi connectivity index (χ3v) is 8.36. The minimum Gasteiger partial charge on any atom is -0.256 e. The molecule has 0 bridgehead atoms. The Hall–Kier alpha value is -6.19. The van der Waals surface area contributed by atoms with Crippen LogP contribution in [0, 0.1) is 0 Å². The van der Waals surface area contributed by atoms with Crippen molar-refractivity contribution in [2.75, 3.05) is 0 Å². The van der Waals surface area contributed by atoms with Crippen LogP contribution in [-0.2, 0) is 0 Å². The molecule has 8 rings (SSSR count). The van der Waals surface area contributed by atoms with Gasteiger partial charge >= 0.3 is 0 Å². The fourth-order valence-electron chi connectivity index (χ4n) is 6.00. The van der Waals surface area contributed by atoms with Crippen LogP contribution in [0.1, 0.15) is 0 Å². The number of fused-ring (bicyclic) bond motifs is 1. The van der Waals surface area contributed by atoms with Gasteiger partial charge in [0.25, 0.3) is 0 Å². The van der Waals surface area contributed by atoms with Crippen molar-refractivity contribution in [1.82, 2.24) is 15.0 Å². The second-order valence-corrected chi connectivity index (χ2v) is 11.3. The van der Waals surface area contributed by atoms with Gasteiger partial charge in [0.2, 0.25) is 0 Å². The topological polar surface area (TPSA) is 38.7 Å². The number of nitrogens with zero attached hydrogens (tertiary/aromatic N) is 3. The normalized spacial score (nSPS) is 11.0. The molecule has 0 amide bonds. The summed E-state index contributed by atoms with van der Waals surface area (Å²) in [5, 5.41) is 1.14. The number of hydrogen-bond acceptors (Lipinski definition) is 3. The molecule has 0 aliphatic carbocycles. The summed E-state index contributed by atoms with van der Waals surface area (Å²) < 4.78 is 0. The zero-order valence-corrected chi connectivity index (χ0v) is 25.1. The maximum Gasteiger partial charge on any atom is 0.160 e. The highest BCUT2D eigenvalue weighted by molar-refractivity contribution is 5.94. The molecule has 0 atom stereocenters. The van der Waals surface area contributed by atoms with Crippen LogP contribution in [0.4, 0.5) is 0 Å². The molecule has 0 unspecified atom stereocenters. The van der Waals surface area contributed by atoms with Crippen molar-refractivity contribution in [3.8, 4) is 67.3 Å². The molecule has 0 saturated heterocycles. The Morgan fingerprint density at radius 3 is 1.57 bits per heavy atom. The second-order valence-electron chi connectivity index (χ2n) is 11.3. The highest BCUT2D eigenvalue weighted by atomic mass is 14.9. The highest BCUT2D eigenvalue weighted by Gasteiger charge is 2.13. The molecule has 216 valence electrons. The Bertz CT molecular complexity index is 2190. The van der Waals surface area contributed by atoms with Gasteiger partial charge in [-0.15, -0.1) is 0 Å². The van der Waals surface area contributed by atoms with E-state index in [0.717, 1.165) is 66.8 Å². The largest absolute Gasteiger partial charge is 0.256 e. The van der Waals surface area contributed by atoms with Crippen molar-refractivity contribution in [3.63, 3.8) is 0 Å². The minimum atomic E-state index is 0.694. The van der Waals surface area contributed by atoms with E-state index in [4.69, 9.17) is 9.97 Å². The van der Waals surface area contributed by atoms with Gasteiger partial charge in [0.15, 0.2) is 5.82 Å². The number of benzene rings is 6. The summed E-state index contributed by atoms with van der Waals surface area (Å²) in [5.41, 5.74) is 12.7. The Balaban J connectivity index is 1.25. The van der Waals surface area contributed by atoms with Crippen LogP contribution < -0.4 is 0 Å². The van der Waals surface area contributed by atoms with Gasteiger partial charge < -0.3 is 0 Å². The van der Waals surface area contributed by atoms with E-state index in [1.807, 2.05) is 24.4 Å². The molecule has 0 fully saturated rings. The van der Waals surface area contributed by atoms with Gasteiger partial charge in [-0.3, -0.25) is 4.98 Å². The Morgan fingerprint density at radius 2 is 0.870 bits per heavy atom. The minimum absolute atomic E-state index is 0.694. The van der Waals surface area contributed by atoms with E-state index in [2.05, 4.69) is 157 Å². The summed E-state index contributed by atoms with van der Waals surface area (Å²) in [5.74, 6) is 0.694. The summed E-state index contributed by atoms with van der Waals surface area (Å²) in [6, 6.07) is 59.1. The van der Waals surface area contributed by atoms with Gasteiger partial charge in [-0.05, 0) is 63.7 Å². The lowest BCUT2D eigenvalue weighted by molar-refractivity contribution is 1.18. The average molecular weight is 588 g/mol. The van der Waals surface area contributed by atoms with Crippen LogP contribution in [0.25, 0.3) is 78.2 Å². The van der Waals surface area contributed by atoms with Crippen molar-refractivity contribution in [2.45, 2.75) is 0 Å². The fraction of sp³-hybridized carbons (Fsp3) is 0. The molecule has 0 radical (unpaired) electrons. The summed E-state index contributed by atoms with van der Waals surface area (Å²) in [6.45, 7) is 0. The first-order chi connectivity index (χ1) is 22.8. The molecular formula is C43H29N3. The Morgan fingerprint density at radius 1 is 0.326 bits per heavy atom. The lowest BCUT2D eigenvalue weighted by Crippen LogP contribution is -1.96. The number of aromatic nitrogens is 3. The van der Waals surface area contributed by atoms with Crippen LogP contribution in [0.15, 0.2) is 176 Å². The van der Waals surface area contributed by atoms with Crippen molar-refractivity contribution < 1.29 is 0 Å². The van der Waals surface area contributed by atoms with E-state index in [1.54, 1.807) is 0 Å². The number of pyridine rings is 1. The highest BCUT2D eigenvalue weighted by Crippen LogP contribution is 2.33. The first-order valence-electron chi connectivity index (χ1n) is 15.4. The van der Waals surface area contributed by atoms with Gasteiger partial charge in [0, 0.05) is 28.3 Å². The van der Waals surface area contributed by atoms with Crippen LogP contribution in [-0.4, -0.2) is 15.0 Å². The van der Waals surface area contributed by atoms with Gasteiger partial charge in [0.1, 0.15) is 0 Å². The molecule has 6 aromatic carbocycles. The molecule has 2 aromatic heterocycles. The molecule has 3 heteroatoms. The summed E-state index contributed by atoms with van der Waals surface area (Å²) in [7, 11) is 0.